The molecule has 0 aromatic heterocycles. The van der Waals surface area contributed by atoms with Crippen LogP contribution in [0.2, 0.25) is 0 Å². The summed E-state index contributed by atoms with van der Waals surface area (Å²) in [6.45, 7) is 0. The van der Waals surface area contributed by atoms with Gasteiger partial charge in [0.2, 0.25) is 5.91 Å². The molecule has 0 spiro atoms. The fourth-order valence-corrected chi connectivity index (χ4v) is 2.58. The van der Waals surface area contributed by atoms with Crippen molar-refractivity contribution in [3.8, 4) is 0 Å². The molecule has 3 nitrogen and oxygen atoms in total. The largest absolute Gasteiger partial charge is 0.397 e. The molecule has 0 saturated heterocycles. The quantitative estimate of drug-likeness (QED) is 0.646. The molecule has 0 heterocycles. The van der Waals surface area contributed by atoms with E-state index < -0.39 is 29.7 Å². The van der Waals surface area contributed by atoms with Gasteiger partial charge in [0.1, 0.15) is 11.5 Å². The highest BCUT2D eigenvalue weighted by Crippen LogP contribution is 2.39. The number of halogens is 4. The number of amides is 1. The summed E-state index contributed by atoms with van der Waals surface area (Å²) >= 11 is 0. The van der Waals surface area contributed by atoms with E-state index in [9.17, 15) is 22.4 Å². The van der Waals surface area contributed by atoms with E-state index in [2.05, 4.69) is 5.32 Å². The van der Waals surface area contributed by atoms with Crippen molar-refractivity contribution in [2.75, 3.05) is 11.1 Å². The predicted molar refractivity (Wildman–Crippen MR) is 70.9 cm³/mol. The molecule has 0 bridgehead atoms. The van der Waals surface area contributed by atoms with E-state index >= 15 is 0 Å². The van der Waals surface area contributed by atoms with Gasteiger partial charge in [-0.15, -0.1) is 0 Å². The lowest BCUT2D eigenvalue weighted by atomic mass is 9.81. The monoisotopic (exact) mass is 304 g/mol. The van der Waals surface area contributed by atoms with Gasteiger partial charge in [-0.1, -0.05) is 6.07 Å². The molecule has 1 amide bonds. The Balaban J connectivity index is 1.97. The number of carbonyl (C=O) groups is 1. The van der Waals surface area contributed by atoms with Crippen LogP contribution in [0.25, 0.3) is 0 Å². The van der Waals surface area contributed by atoms with Gasteiger partial charge in [0.25, 0.3) is 0 Å². The summed E-state index contributed by atoms with van der Waals surface area (Å²) in [4.78, 5) is 12.0. The molecule has 0 radical (unpaired) electrons. The van der Waals surface area contributed by atoms with Crippen molar-refractivity contribution < 1.29 is 22.4 Å². The maximum Gasteiger partial charge on any atom is 0.391 e. The summed E-state index contributed by atoms with van der Waals surface area (Å²) in [7, 11) is 0. The molecule has 2 rings (SSSR count). The molecular weight excluding hydrogens is 288 g/mol. The fraction of sp³-hybridized carbons (Fsp3) is 0.500. The van der Waals surface area contributed by atoms with Gasteiger partial charge in [0.15, 0.2) is 0 Å². The summed E-state index contributed by atoms with van der Waals surface area (Å²) in [6, 6.07) is 4.01. The number of carbonyl (C=O) groups excluding carboxylic acids is 1. The minimum absolute atomic E-state index is 0.0751. The van der Waals surface area contributed by atoms with Gasteiger partial charge in [0.05, 0.1) is 11.6 Å². The molecule has 1 aromatic carbocycles. The van der Waals surface area contributed by atoms with E-state index in [0.29, 0.717) is 0 Å². The first-order valence-electron chi connectivity index (χ1n) is 6.70. The zero-order chi connectivity index (χ0) is 15.6. The molecule has 1 aromatic rings. The Hall–Kier alpha value is -1.79. The van der Waals surface area contributed by atoms with Gasteiger partial charge in [-0.2, -0.15) is 13.2 Å². The van der Waals surface area contributed by atoms with Crippen molar-refractivity contribution in [1.82, 2.24) is 0 Å². The lowest BCUT2D eigenvalue weighted by Crippen LogP contribution is -2.32. The third-order valence-corrected chi connectivity index (χ3v) is 3.85. The highest BCUT2D eigenvalue weighted by Gasteiger charge is 2.42. The van der Waals surface area contributed by atoms with Crippen molar-refractivity contribution in [2.24, 2.45) is 11.8 Å². The number of nitrogens with one attached hydrogen (secondary N) is 1. The Morgan fingerprint density at radius 2 is 1.81 bits per heavy atom. The second kappa shape index (κ2) is 5.91. The zero-order valence-electron chi connectivity index (χ0n) is 11.2. The smallest absolute Gasteiger partial charge is 0.391 e. The van der Waals surface area contributed by atoms with Crippen LogP contribution in [0.5, 0.6) is 0 Å². The molecule has 3 N–H and O–H groups in total. The van der Waals surface area contributed by atoms with E-state index in [-0.39, 0.29) is 37.1 Å². The van der Waals surface area contributed by atoms with Crippen LogP contribution in [0.15, 0.2) is 18.2 Å². The standard InChI is InChI=1S/C14H16F4N2O/c15-10-2-1-3-11(19)12(10)20-13(21)8-4-6-9(7-5-8)14(16,17)18/h1-3,8-9H,4-7,19H2,(H,20,21). The van der Waals surface area contributed by atoms with E-state index in [1.165, 1.54) is 12.1 Å². The summed E-state index contributed by atoms with van der Waals surface area (Å²) < 4.78 is 51.2. The average Bonchev–Trinajstić information content (AvgIpc) is 2.42. The van der Waals surface area contributed by atoms with Gasteiger partial charge >= 0.3 is 6.18 Å². The maximum absolute atomic E-state index is 13.6. The minimum Gasteiger partial charge on any atom is -0.397 e. The van der Waals surface area contributed by atoms with Crippen LogP contribution in [-0.4, -0.2) is 12.1 Å². The molecule has 21 heavy (non-hydrogen) atoms. The van der Waals surface area contributed by atoms with Gasteiger partial charge in [-0.25, -0.2) is 4.39 Å². The first kappa shape index (κ1) is 15.6. The number of nitrogen functional groups attached to an aromatic ring is 1. The Labute approximate surface area is 119 Å². The van der Waals surface area contributed by atoms with Gasteiger partial charge in [-0.3, -0.25) is 4.79 Å². The van der Waals surface area contributed by atoms with Crippen molar-refractivity contribution in [3.05, 3.63) is 24.0 Å². The lowest BCUT2D eigenvalue weighted by Gasteiger charge is -2.29. The predicted octanol–water partition coefficient (Wildman–Crippen LogP) is 3.72. The Kier molecular flexibility index (Phi) is 4.39. The lowest BCUT2D eigenvalue weighted by molar-refractivity contribution is -0.184. The van der Waals surface area contributed by atoms with Crippen molar-refractivity contribution >= 4 is 17.3 Å². The number of alkyl halides is 3. The van der Waals surface area contributed by atoms with Crippen LogP contribution >= 0.6 is 0 Å². The fourth-order valence-electron chi connectivity index (χ4n) is 2.58. The van der Waals surface area contributed by atoms with Crippen molar-refractivity contribution in [2.45, 2.75) is 31.9 Å². The average molecular weight is 304 g/mol. The Bertz CT molecular complexity index is 502. The molecule has 0 unspecified atom stereocenters. The van der Waals surface area contributed by atoms with E-state index in [1.807, 2.05) is 0 Å². The Morgan fingerprint density at radius 3 is 2.33 bits per heavy atom. The molecule has 1 aliphatic rings. The van der Waals surface area contributed by atoms with E-state index in [0.717, 1.165) is 6.07 Å². The summed E-state index contributed by atoms with van der Waals surface area (Å²) in [6.07, 6.45) is -4.07. The zero-order valence-corrected chi connectivity index (χ0v) is 11.2. The third-order valence-electron chi connectivity index (χ3n) is 3.85. The van der Waals surface area contributed by atoms with Crippen LogP contribution < -0.4 is 11.1 Å². The number of hydrogen-bond donors (Lipinski definition) is 2. The van der Waals surface area contributed by atoms with Gasteiger partial charge in [-0.05, 0) is 37.8 Å². The highest BCUT2D eigenvalue weighted by molar-refractivity contribution is 5.95. The summed E-state index contributed by atoms with van der Waals surface area (Å²) in [5.41, 5.74) is 5.55. The van der Waals surface area contributed by atoms with Crippen LogP contribution in [0.3, 0.4) is 0 Å². The van der Waals surface area contributed by atoms with E-state index in [1.54, 1.807) is 0 Å². The molecule has 0 aliphatic heterocycles. The van der Waals surface area contributed by atoms with Crippen LogP contribution in [0.4, 0.5) is 28.9 Å². The first-order valence-corrected chi connectivity index (χ1v) is 6.70. The second-order valence-corrected chi connectivity index (χ2v) is 5.28. The number of hydrogen-bond acceptors (Lipinski definition) is 2. The number of anilines is 2. The number of rotatable bonds is 2. The molecule has 1 fully saturated rings. The van der Waals surface area contributed by atoms with Gasteiger partial charge < -0.3 is 11.1 Å². The number of benzene rings is 1. The van der Waals surface area contributed by atoms with Crippen molar-refractivity contribution in [3.63, 3.8) is 0 Å². The van der Waals surface area contributed by atoms with Crippen molar-refractivity contribution in [1.29, 1.82) is 0 Å². The summed E-state index contributed by atoms with van der Waals surface area (Å²) in [5.74, 6) is -3.03. The van der Waals surface area contributed by atoms with Gasteiger partial charge in [0, 0.05) is 5.92 Å². The SMILES string of the molecule is Nc1cccc(F)c1NC(=O)C1CCC(C(F)(F)F)CC1. The first-order chi connectivity index (χ1) is 9.79. The highest BCUT2D eigenvalue weighted by atomic mass is 19.4. The molecule has 116 valence electrons. The molecule has 7 heteroatoms. The maximum atomic E-state index is 13.6. The van der Waals surface area contributed by atoms with E-state index in [4.69, 9.17) is 5.73 Å². The van der Waals surface area contributed by atoms with Crippen LogP contribution in [-0.2, 0) is 4.79 Å². The number of para-hydroxylation sites is 1. The summed E-state index contributed by atoms with van der Waals surface area (Å²) in [5, 5.41) is 2.38. The molecule has 0 atom stereocenters. The number of nitrogens with two attached hydrogens (primary N) is 1. The Morgan fingerprint density at radius 1 is 1.19 bits per heavy atom. The van der Waals surface area contributed by atoms with Crippen LogP contribution in [0, 0.1) is 17.7 Å². The minimum atomic E-state index is -4.21. The molecule has 1 saturated carbocycles. The molecule has 1 aliphatic carbocycles. The van der Waals surface area contributed by atoms with Crippen LogP contribution in [0.1, 0.15) is 25.7 Å². The topological polar surface area (TPSA) is 55.1 Å². The normalized spacial score (nSPS) is 22.9. The second-order valence-electron chi connectivity index (χ2n) is 5.28. The third kappa shape index (κ3) is 3.65. The molecular formula is C14H16F4N2O.